The minimum Gasteiger partial charge on any atom is -0.352 e. The van der Waals surface area contributed by atoms with E-state index in [1.165, 1.54) is 6.08 Å². The number of hydrogen-bond acceptors (Lipinski definition) is 4. The van der Waals surface area contributed by atoms with Crippen molar-refractivity contribution in [1.29, 1.82) is 0 Å². The average molecular weight is 336 g/mol. The molecule has 6 heteroatoms. The Labute approximate surface area is 145 Å². The maximum atomic E-state index is 12.5. The molecule has 128 valence electrons. The number of nitrogens with one attached hydrogen (secondary N) is 1. The lowest BCUT2D eigenvalue weighted by atomic mass is 10.2. The highest BCUT2D eigenvalue weighted by Gasteiger charge is 2.35. The van der Waals surface area contributed by atoms with E-state index in [1.807, 2.05) is 24.3 Å². The van der Waals surface area contributed by atoms with E-state index in [-0.39, 0.29) is 17.9 Å². The first-order valence-corrected chi connectivity index (χ1v) is 8.71. The predicted octanol–water partition coefficient (Wildman–Crippen LogP) is 1.91. The van der Waals surface area contributed by atoms with Crippen LogP contribution in [-0.2, 0) is 9.59 Å². The van der Waals surface area contributed by atoms with Gasteiger partial charge in [-0.3, -0.25) is 14.6 Å². The zero-order valence-corrected chi connectivity index (χ0v) is 13.9. The Morgan fingerprint density at radius 2 is 1.96 bits per heavy atom. The zero-order valence-electron chi connectivity index (χ0n) is 13.9. The summed E-state index contributed by atoms with van der Waals surface area (Å²) in [6.07, 6.45) is 8.48. The molecule has 2 aliphatic rings. The van der Waals surface area contributed by atoms with Crippen LogP contribution >= 0.6 is 0 Å². The SMILES string of the molecule is O=C(NC1CC1)[C@@H]1CCCN1C(=O)/C=C\c1cnc2ccccc2n1. The summed E-state index contributed by atoms with van der Waals surface area (Å²) in [5, 5.41) is 3.00. The summed E-state index contributed by atoms with van der Waals surface area (Å²) < 4.78 is 0. The summed E-state index contributed by atoms with van der Waals surface area (Å²) in [4.78, 5) is 35.3. The molecule has 1 saturated carbocycles. The number of likely N-dealkylation sites (tertiary alicyclic amines) is 1. The van der Waals surface area contributed by atoms with Gasteiger partial charge in [-0.2, -0.15) is 0 Å². The Morgan fingerprint density at radius 1 is 1.16 bits per heavy atom. The lowest BCUT2D eigenvalue weighted by Gasteiger charge is -2.22. The van der Waals surface area contributed by atoms with Crippen LogP contribution in [0.5, 0.6) is 0 Å². The fourth-order valence-corrected chi connectivity index (χ4v) is 3.13. The van der Waals surface area contributed by atoms with Crippen LogP contribution in [0.4, 0.5) is 0 Å². The monoisotopic (exact) mass is 336 g/mol. The van der Waals surface area contributed by atoms with E-state index in [1.54, 1.807) is 17.2 Å². The molecule has 1 saturated heterocycles. The van der Waals surface area contributed by atoms with E-state index < -0.39 is 0 Å². The number of amides is 2. The molecule has 2 aromatic rings. The molecule has 0 unspecified atom stereocenters. The molecule has 1 aliphatic carbocycles. The third kappa shape index (κ3) is 3.52. The number of nitrogens with zero attached hydrogens (tertiary/aromatic N) is 3. The molecule has 25 heavy (non-hydrogen) atoms. The second-order valence-corrected chi connectivity index (χ2v) is 6.59. The van der Waals surface area contributed by atoms with Gasteiger partial charge in [-0.25, -0.2) is 4.98 Å². The summed E-state index contributed by atoms with van der Waals surface area (Å²) in [5.74, 6) is -0.171. The lowest BCUT2D eigenvalue weighted by Crippen LogP contribution is -2.46. The smallest absolute Gasteiger partial charge is 0.247 e. The van der Waals surface area contributed by atoms with Gasteiger partial charge in [-0.05, 0) is 43.9 Å². The number of hydrogen-bond donors (Lipinski definition) is 1. The van der Waals surface area contributed by atoms with Crippen LogP contribution in [0.15, 0.2) is 36.5 Å². The molecule has 0 bridgehead atoms. The summed E-state index contributed by atoms with van der Waals surface area (Å²) >= 11 is 0. The largest absolute Gasteiger partial charge is 0.352 e. The van der Waals surface area contributed by atoms with Crippen LogP contribution in [0.3, 0.4) is 0 Å². The van der Waals surface area contributed by atoms with Gasteiger partial charge in [0, 0.05) is 18.7 Å². The number of rotatable bonds is 4. The molecule has 4 rings (SSSR count). The number of benzene rings is 1. The maximum Gasteiger partial charge on any atom is 0.247 e. The summed E-state index contributed by atoms with van der Waals surface area (Å²) in [5.41, 5.74) is 2.24. The van der Waals surface area contributed by atoms with Gasteiger partial charge in [0.2, 0.25) is 11.8 Å². The van der Waals surface area contributed by atoms with Crippen LogP contribution in [0.25, 0.3) is 17.1 Å². The first-order valence-electron chi connectivity index (χ1n) is 8.71. The van der Waals surface area contributed by atoms with E-state index in [4.69, 9.17) is 0 Å². The zero-order chi connectivity index (χ0) is 17.2. The molecule has 1 atom stereocenters. The predicted molar refractivity (Wildman–Crippen MR) is 94.5 cm³/mol. The number of aromatic nitrogens is 2. The van der Waals surface area contributed by atoms with Crippen molar-refractivity contribution in [3.05, 3.63) is 42.2 Å². The molecule has 2 fully saturated rings. The Balaban J connectivity index is 1.45. The highest BCUT2D eigenvalue weighted by Crippen LogP contribution is 2.22. The van der Waals surface area contributed by atoms with Crippen molar-refractivity contribution in [3.63, 3.8) is 0 Å². The van der Waals surface area contributed by atoms with Crippen molar-refractivity contribution in [1.82, 2.24) is 20.2 Å². The standard InChI is InChI=1S/C19H20N4O2/c24-18(23-11-3-6-17(23)19(25)22-13-7-8-13)10-9-14-12-20-15-4-1-2-5-16(15)21-14/h1-2,4-5,9-10,12-13,17H,3,6-8,11H2,(H,22,25)/b10-9-/t17-/m0/s1. The Kier molecular flexibility index (Phi) is 4.17. The van der Waals surface area contributed by atoms with Gasteiger partial charge in [-0.1, -0.05) is 12.1 Å². The first kappa shape index (κ1) is 15.7. The lowest BCUT2D eigenvalue weighted by molar-refractivity contribution is -0.135. The molecule has 6 nitrogen and oxygen atoms in total. The van der Waals surface area contributed by atoms with Gasteiger partial charge in [0.1, 0.15) is 6.04 Å². The Morgan fingerprint density at radius 3 is 2.76 bits per heavy atom. The quantitative estimate of drug-likeness (QED) is 0.866. The number of carbonyl (C=O) groups excluding carboxylic acids is 2. The summed E-state index contributed by atoms with van der Waals surface area (Å²) in [6, 6.07) is 7.57. The molecule has 2 heterocycles. The van der Waals surface area contributed by atoms with Crippen LogP contribution in [0.1, 0.15) is 31.4 Å². The van der Waals surface area contributed by atoms with Gasteiger partial charge in [0.25, 0.3) is 0 Å². The van der Waals surface area contributed by atoms with Crippen LogP contribution in [-0.4, -0.2) is 45.3 Å². The minimum absolute atomic E-state index is 0.0211. The van der Waals surface area contributed by atoms with E-state index in [0.29, 0.717) is 18.3 Å². The maximum absolute atomic E-state index is 12.5. The van der Waals surface area contributed by atoms with Crippen molar-refractivity contribution in [2.24, 2.45) is 0 Å². The molecule has 0 radical (unpaired) electrons. The van der Waals surface area contributed by atoms with Crippen molar-refractivity contribution in [2.45, 2.75) is 37.8 Å². The van der Waals surface area contributed by atoms with Crippen molar-refractivity contribution in [3.8, 4) is 0 Å². The van der Waals surface area contributed by atoms with Crippen molar-refractivity contribution >= 4 is 28.9 Å². The third-order valence-electron chi connectivity index (χ3n) is 4.63. The van der Waals surface area contributed by atoms with E-state index in [0.717, 1.165) is 36.7 Å². The molecule has 2 amide bonds. The molecule has 1 aliphatic heterocycles. The van der Waals surface area contributed by atoms with Gasteiger partial charge in [-0.15, -0.1) is 0 Å². The number of fused-ring (bicyclic) bond motifs is 1. The first-order chi connectivity index (χ1) is 12.2. The second-order valence-electron chi connectivity index (χ2n) is 6.59. The highest BCUT2D eigenvalue weighted by molar-refractivity contribution is 5.96. The van der Waals surface area contributed by atoms with E-state index in [9.17, 15) is 9.59 Å². The molecular formula is C19H20N4O2. The Bertz CT molecular complexity index is 844. The molecular weight excluding hydrogens is 316 g/mol. The van der Waals surface area contributed by atoms with Crippen molar-refractivity contribution < 1.29 is 9.59 Å². The number of carbonyl (C=O) groups is 2. The topological polar surface area (TPSA) is 75.2 Å². The average Bonchev–Trinajstić information content (AvgIpc) is 3.30. The minimum atomic E-state index is -0.347. The highest BCUT2D eigenvalue weighted by atomic mass is 16.2. The molecule has 1 aromatic heterocycles. The van der Waals surface area contributed by atoms with Crippen LogP contribution in [0.2, 0.25) is 0 Å². The summed E-state index contributed by atoms with van der Waals surface area (Å²) in [6.45, 7) is 0.620. The second kappa shape index (κ2) is 6.63. The van der Waals surface area contributed by atoms with Gasteiger partial charge in [0.15, 0.2) is 0 Å². The molecule has 1 N–H and O–H groups in total. The van der Waals surface area contributed by atoms with Gasteiger partial charge >= 0.3 is 0 Å². The van der Waals surface area contributed by atoms with Gasteiger partial charge in [0.05, 0.1) is 22.9 Å². The fraction of sp³-hybridized carbons (Fsp3) is 0.368. The van der Waals surface area contributed by atoms with E-state index in [2.05, 4.69) is 15.3 Å². The molecule has 1 aromatic carbocycles. The Hall–Kier alpha value is -2.76. The van der Waals surface area contributed by atoms with Gasteiger partial charge < -0.3 is 10.2 Å². The van der Waals surface area contributed by atoms with Crippen LogP contribution < -0.4 is 5.32 Å². The normalized spacial score (nSPS) is 20.3. The summed E-state index contributed by atoms with van der Waals surface area (Å²) in [7, 11) is 0. The van der Waals surface area contributed by atoms with Crippen LogP contribution in [0, 0.1) is 0 Å². The fourth-order valence-electron chi connectivity index (χ4n) is 3.13. The number of para-hydroxylation sites is 2. The molecule has 0 spiro atoms. The van der Waals surface area contributed by atoms with Crippen molar-refractivity contribution in [2.75, 3.05) is 6.54 Å². The van der Waals surface area contributed by atoms with E-state index >= 15 is 0 Å². The third-order valence-corrected chi connectivity index (χ3v) is 4.63.